The summed E-state index contributed by atoms with van der Waals surface area (Å²) >= 11 is 0. The molecule has 1 aromatic rings. The van der Waals surface area contributed by atoms with Gasteiger partial charge >= 0.3 is 0 Å². The second-order valence-electron chi connectivity index (χ2n) is 5.06. The molecule has 0 heterocycles. The van der Waals surface area contributed by atoms with Crippen molar-refractivity contribution in [2.24, 2.45) is 5.92 Å². The van der Waals surface area contributed by atoms with E-state index in [1.54, 1.807) is 13.2 Å². The molecular weight excluding hydrogens is 238 g/mol. The van der Waals surface area contributed by atoms with Gasteiger partial charge in [0.2, 0.25) is 0 Å². The van der Waals surface area contributed by atoms with Crippen LogP contribution in [-0.2, 0) is 6.54 Å². The smallest absolute Gasteiger partial charge is 0.124 e. The molecule has 1 atom stereocenters. The van der Waals surface area contributed by atoms with Crippen molar-refractivity contribution in [3.05, 3.63) is 36.4 Å². The fourth-order valence-electron chi connectivity index (χ4n) is 1.68. The van der Waals surface area contributed by atoms with Crippen LogP contribution in [0.5, 0.6) is 11.5 Å². The Labute approximate surface area is 116 Å². The molecule has 1 aromatic carbocycles. The minimum absolute atomic E-state index is 0.00255. The highest BCUT2D eigenvalue weighted by Gasteiger charge is 2.08. The largest absolute Gasteiger partial charge is 0.497 e. The summed E-state index contributed by atoms with van der Waals surface area (Å²) in [5, 5.41) is 3.42. The summed E-state index contributed by atoms with van der Waals surface area (Å²) in [6.07, 6.45) is 1.78. The van der Waals surface area contributed by atoms with Crippen molar-refractivity contribution in [1.29, 1.82) is 0 Å². The molecule has 0 aliphatic rings. The van der Waals surface area contributed by atoms with Crippen LogP contribution in [-0.4, -0.2) is 19.8 Å². The maximum absolute atomic E-state index is 5.84. The molecule has 3 heteroatoms. The number of hydrogen-bond donors (Lipinski definition) is 1. The van der Waals surface area contributed by atoms with Crippen molar-refractivity contribution in [3.63, 3.8) is 0 Å². The second-order valence-corrected chi connectivity index (χ2v) is 5.06. The van der Waals surface area contributed by atoms with E-state index in [1.165, 1.54) is 0 Å². The Bertz CT molecular complexity index is 402. The standard InChI is InChI=1S/C16H25NO2/c1-6-13(4)19-16-8-7-15(18-5)9-14(16)11-17-10-12(2)3/h6-9,12-13,17H,1,10-11H2,2-5H3. The first-order valence-corrected chi connectivity index (χ1v) is 6.73. The van der Waals surface area contributed by atoms with Crippen molar-refractivity contribution in [1.82, 2.24) is 5.32 Å². The zero-order valence-corrected chi connectivity index (χ0v) is 12.4. The fraction of sp³-hybridized carbons (Fsp3) is 0.500. The zero-order valence-electron chi connectivity index (χ0n) is 12.4. The molecule has 3 nitrogen and oxygen atoms in total. The summed E-state index contributed by atoms with van der Waals surface area (Å²) in [4.78, 5) is 0. The topological polar surface area (TPSA) is 30.5 Å². The van der Waals surface area contributed by atoms with E-state index in [4.69, 9.17) is 9.47 Å². The lowest BCUT2D eigenvalue weighted by atomic mass is 10.1. The van der Waals surface area contributed by atoms with Crippen LogP contribution in [0.15, 0.2) is 30.9 Å². The van der Waals surface area contributed by atoms with E-state index in [-0.39, 0.29) is 6.10 Å². The molecule has 0 fully saturated rings. The minimum Gasteiger partial charge on any atom is -0.497 e. The maximum atomic E-state index is 5.84. The molecule has 1 rings (SSSR count). The number of methoxy groups -OCH3 is 1. The van der Waals surface area contributed by atoms with Gasteiger partial charge < -0.3 is 14.8 Å². The molecule has 0 spiro atoms. The Balaban J connectivity index is 2.79. The number of hydrogen-bond acceptors (Lipinski definition) is 3. The van der Waals surface area contributed by atoms with Crippen molar-refractivity contribution in [3.8, 4) is 11.5 Å². The molecule has 0 aliphatic carbocycles. The van der Waals surface area contributed by atoms with E-state index < -0.39 is 0 Å². The fourth-order valence-corrected chi connectivity index (χ4v) is 1.68. The highest BCUT2D eigenvalue weighted by molar-refractivity contribution is 5.40. The monoisotopic (exact) mass is 263 g/mol. The van der Waals surface area contributed by atoms with Gasteiger partial charge in [-0.05, 0) is 37.6 Å². The van der Waals surface area contributed by atoms with Gasteiger partial charge in [0, 0.05) is 12.1 Å². The molecule has 106 valence electrons. The Kier molecular flexibility index (Phi) is 6.43. The van der Waals surface area contributed by atoms with Crippen molar-refractivity contribution >= 4 is 0 Å². The number of benzene rings is 1. The summed E-state index contributed by atoms with van der Waals surface area (Å²) in [6.45, 7) is 11.8. The molecule has 0 aliphatic heterocycles. The highest BCUT2D eigenvalue weighted by atomic mass is 16.5. The van der Waals surface area contributed by atoms with Gasteiger partial charge in [-0.25, -0.2) is 0 Å². The first-order chi connectivity index (χ1) is 9.06. The summed E-state index contributed by atoms with van der Waals surface area (Å²) in [6, 6.07) is 5.88. The van der Waals surface area contributed by atoms with Gasteiger partial charge in [0.05, 0.1) is 7.11 Å². The lowest BCUT2D eigenvalue weighted by Gasteiger charge is -2.16. The average molecular weight is 263 g/mol. The van der Waals surface area contributed by atoms with Crippen LogP contribution in [0.4, 0.5) is 0 Å². The van der Waals surface area contributed by atoms with E-state index in [0.717, 1.165) is 30.2 Å². The van der Waals surface area contributed by atoms with Crippen LogP contribution in [0.2, 0.25) is 0 Å². The highest BCUT2D eigenvalue weighted by Crippen LogP contribution is 2.25. The van der Waals surface area contributed by atoms with Gasteiger partial charge in [0.15, 0.2) is 0 Å². The Morgan fingerprint density at radius 2 is 2.05 bits per heavy atom. The lowest BCUT2D eigenvalue weighted by Crippen LogP contribution is -2.20. The zero-order chi connectivity index (χ0) is 14.3. The van der Waals surface area contributed by atoms with Gasteiger partial charge in [0.1, 0.15) is 17.6 Å². The van der Waals surface area contributed by atoms with Crippen LogP contribution in [0.3, 0.4) is 0 Å². The molecule has 0 bridgehead atoms. The van der Waals surface area contributed by atoms with E-state index in [9.17, 15) is 0 Å². The maximum Gasteiger partial charge on any atom is 0.124 e. The molecule has 1 N–H and O–H groups in total. The van der Waals surface area contributed by atoms with Crippen molar-refractivity contribution < 1.29 is 9.47 Å². The summed E-state index contributed by atoms with van der Waals surface area (Å²) in [7, 11) is 1.67. The molecule has 19 heavy (non-hydrogen) atoms. The molecule has 0 radical (unpaired) electrons. The van der Waals surface area contributed by atoms with E-state index in [0.29, 0.717) is 5.92 Å². The summed E-state index contributed by atoms with van der Waals surface area (Å²) in [5.74, 6) is 2.35. The lowest BCUT2D eigenvalue weighted by molar-refractivity contribution is 0.266. The molecule has 0 aromatic heterocycles. The third-order valence-electron chi connectivity index (χ3n) is 2.78. The van der Waals surface area contributed by atoms with E-state index >= 15 is 0 Å². The Morgan fingerprint density at radius 1 is 1.32 bits per heavy atom. The van der Waals surface area contributed by atoms with Crippen molar-refractivity contribution in [2.45, 2.75) is 33.4 Å². The predicted octanol–water partition coefficient (Wildman–Crippen LogP) is 3.39. The number of rotatable bonds is 8. The molecule has 0 saturated heterocycles. The number of ether oxygens (including phenoxy) is 2. The quantitative estimate of drug-likeness (QED) is 0.729. The third kappa shape index (κ3) is 5.35. The normalized spacial score (nSPS) is 12.3. The predicted molar refractivity (Wildman–Crippen MR) is 79.8 cm³/mol. The summed E-state index contributed by atoms with van der Waals surface area (Å²) < 4.78 is 11.1. The van der Waals surface area contributed by atoms with Crippen LogP contribution < -0.4 is 14.8 Å². The second kappa shape index (κ2) is 7.85. The van der Waals surface area contributed by atoms with Crippen molar-refractivity contribution in [2.75, 3.05) is 13.7 Å². The van der Waals surface area contributed by atoms with Crippen LogP contribution >= 0.6 is 0 Å². The SMILES string of the molecule is C=CC(C)Oc1ccc(OC)cc1CNCC(C)C. The molecule has 1 unspecified atom stereocenters. The summed E-state index contributed by atoms with van der Waals surface area (Å²) in [5.41, 5.74) is 1.11. The Morgan fingerprint density at radius 3 is 2.63 bits per heavy atom. The van der Waals surface area contributed by atoms with Gasteiger partial charge in [0.25, 0.3) is 0 Å². The molecule has 0 saturated carbocycles. The average Bonchev–Trinajstić information content (AvgIpc) is 2.39. The molecular formula is C16H25NO2. The van der Waals surface area contributed by atoms with Crippen LogP contribution in [0.25, 0.3) is 0 Å². The van der Waals surface area contributed by atoms with Gasteiger partial charge in [-0.15, -0.1) is 0 Å². The van der Waals surface area contributed by atoms with Gasteiger partial charge in [-0.3, -0.25) is 0 Å². The first kappa shape index (κ1) is 15.6. The minimum atomic E-state index is -0.00255. The van der Waals surface area contributed by atoms with Crippen LogP contribution in [0.1, 0.15) is 26.3 Å². The first-order valence-electron chi connectivity index (χ1n) is 6.73. The third-order valence-corrected chi connectivity index (χ3v) is 2.78. The van der Waals surface area contributed by atoms with Gasteiger partial charge in [-0.1, -0.05) is 26.5 Å². The number of nitrogens with one attached hydrogen (secondary N) is 1. The molecule has 0 amide bonds. The van der Waals surface area contributed by atoms with Crippen LogP contribution in [0, 0.1) is 5.92 Å². The van der Waals surface area contributed by atoms with E-state index in [2.05, 4.69) is 25.7 Å². The van der Waals surface area contributed by atoms with E-state index in [1.807, 2.05) is 25.1 Å². The Hall–Kier alpha value is -1.48. The van der Waals surface area contributed by atoms with Gasteiger partial charge in [-0.2, -0.15) is 0 Å².